The Morgan fingerprint density at radius 3 is 2.62 bits per heavy atom. The average molecular weight is 367 g/mol. The minimum atomic E-state index is -3.99. The zero-order valence-electron chi connectivity index (χ0n) is 11.0. The molecule has 126 valence electrons. The summed E-state index contributed by atoms with van der Waals surface area (Å²) >= 11 is -4.34. The molecule has 1 fully saturated rings. The molecule has 1 rings (SSSR count). The van der Waals surface area contributed by atoms with Crippen molar-refractivity contribution in [3.8, 4) is 0 Å². The van der Waals surface area contributed by atoms with Gasteiger partial charge in [-0.15, -0.1) is 0 Å². The van der Waals surface area contributed by atoms with Gasteiger partial charge in [-0.25, -0.2) is 8.37 Å². The van der Waals surface area contributed by atoms with E-state index >= 15 is 0 Å². The molecule has 13 heteroatoms. The van der Waals surface area contributed by atoms with Gasteiger partial charge in [-0.1, -0.05) is 11.1 Å². The molecule has 1 aliphatic rings. The van der Waals surface area contributed by atoms with E-state index in [1.165, 1.54) is 7.11 Å². The zero-order valence-corrected chi connectivity index (χ0v) is 13.4. The van der Waals surface area contributed by atoms with Crippen LogP contribution in [-0.4, -0.2) is 66.3 Å². The number of methoxy groups -OCH3 is 1. The van der Waals surface area contributed by atoms with Gasteiger partial charge in [0, 0.05) is 12.9 Å². The van der Waals surface area contributed by atoms with Gasteiger partial charge in [0.05, 0.1) is 25.9 Å². The highest BCUT2D eigenvalue weighted by atomic mass is 32.3. The molecule has 0 spiro atoms. The first-order valence-corrected chi connectivity index (χ1v) is 9.24. The van der Waals surface area contributed by atoms with Crippen LogP contribution in [0.15, 0.2) is 0 Å². The molecule has 0 saturated carbocycles. The van der Waals surface area contributed by atoms with Crippen LogP contribution in [0.5, 0.6) is 0 Å². The lowest BCUT2D eigenvalue weighted by molar-refractivity contribution is 0.0530. The molecule has 21 heavy (non-hydrogen) atoms. The van der Waals surface area contributed by atoms with E-state index in [1.807, 2.05) is 0 Å². The third kappa shape index (κ3) is 8.27. The summed E-state index contributed by atoms with van der Waals surface area (Å²) in [5.41, 5.74) is 0. The highest BCUT2D eigenvalue weighted by Gasteiger charge is 2.30. The molecule has 1 aliphatic heterocycles. The number of ether oxygens (including phenoxy) is 1. The molecule has 0 aromatic carbocycles. The quantitative estimate of drug-likeness (QED) is 0.421. The van der Waals surface area contributed by atoms with Gasteiger partial charge in [-0.05, 0) is 6.42 Å². The molecule has 0 aromatic rings. The van der Waals surface area contributed by atoms with Crippen LogP contribution in [-0.2, 0) is 54.3 Å². The molecule has 0 N–H and O–H groups in total. The third-order valence-electron chi connectivity index (χ3n) is 2.29. The predicted molar refractivity (Wildman–Crippen MR) is 69.0 cm³/mol. The smallest absolute Gasteiger partial charge is 0.400 e. The van der Waals surface area contributed by atoms with Crippen LogP contribution in [0.2, 0.25) is 0 Å². The molecule has 1 heterocycles. The fourth-order valence-corrected chi connectivity index (χ4v) is 3.12. The van der Waals surface area contributed by atoms with Crippen LogP contribution in [0.1, 0.15) is 6.42 Å². The average Bonchev–Trinajstić information content (AvgIpc) is 2.76. The molecular formula is C8H15O10S3-. The monoisotopic (exact) mass is 367 g/mol. The van der Waals surface area contributed by atoms with E-state index in [4.69, 9.17) is 13.1 Å². The van der Waals surface area contributed by atoms with Gasteiger partial charge < -0.3 is 9.29 Å². The fourth-order valence-electron chi connectivity index (χ4n) is 1.25. The summed E-state index contributed by atoms with van der Waals surface area (Å²) in [6, 6.07) is 0. The maximum atomic E-state index is 11.4. The first kappa shape index (κ1) is 19.1. The summed E-state index contributed by atoms with van der Waals surface area (Å²) in [5.74, 6) is -0.111. The van der Waals surface area contributed by atoms with Crippen molar-refractivity contribution in [2.45, 2.75) is 18.6 Å². The van der Waals surface area contributed by atoms with Crippen molar-refractivity contribution in [3.63, 3.8) is 0 Å². The number of hydrogen-bond acceptors (Lipinski definition) is 10. The Morgan fingerprint density at radius 1 is 1.38 bits per heavy atom. The molecular weight excluding hydrogens is 352 g/mol. The molecule has 1 saturated heterocycles. The lowest BCUT2D eigenvalue weighted by Crippen LogP contribution is -2.24. The normalized spacial score (nSPS) is 25.5. The first-order chi connectivity index (χ1) is 9.82. The molecule has 0 aliphatic carbocycles. The summed E-state index contributed by atoms with van der Waals surface area (Å²) in [6.45, 7) is -0.662. The van der Waals surface area contributed by atoms with Gasteiger partial charge in [-0.2, -0.15) is 12.6 Å². The Bertz CT molecular complexity index is 463. The lowest BCUT2D eigenvalue weighted by atomic mass is 10.3. The summed E-state index contributed by atoms with van der Waals surface area (Å²) in [5, 5.41) is 0. The largest absolute Gasteiger partial charge is 0.772 e. The van der Waals surface area contributed by atoms with Crippen LogP contribution in [0.3, 0.4) is 0 Å². The maximum Gasteiger partial charge on any atom is 0.400 e. The minimum Gasteiger partial charge on any atom is -0.772 e. The highest BCUT2D eigenvalue weighted by molar-refractivity contribution is 7.82. The van der Waals surface area contributed by atoms with Crippen LogP contribution in [0.25, 0.3) is 0 Å². The first-order valence-electron chi connectivity index (χ1n) is 5.67. The van der Waals surface area contributed by atoms with Gasteiger partial charge >= 0.3 is 21.8 Å². The van der Waals surface area contributed by atoms with Gasteiger partial charge in [0.15, 0.2) is 0 Å². The maximum absolute atomic E-state index is 11.4. The van der Waals surface area contributed by atoms with Crippen LogP contribution < -0.4 is 0 Å². The van der Waals surface area contributed by atoms with Crippen molar-refractivity contribution in [2.75, 3.05) is 32.7 Å². The van der Waals surface area contributed by atoms with Gasteiger partial charge in [0.25, 0.3) is 0 Å². The van der Waals surface area contributed by atoms with Crippen LogP contribution in [0, 0.1) is 0 Å². The van der Waals surface area contributed by atoms with Gasteiger partial charge in [-0.3, -0.25) is 12.6 Å². The lowest BCUT2D eigenvalue weighted by Gasteiger charge is -2.15. The SMILES string of the molecule is COC(CCS(=O)[O-])COS(=O)OCC1COS(=O)(=O)O1. The van der Waals surface area contributed by atoms with Gasteiger partial charge in [0.1, 0.15) is 6.10 Å². The Hall–Kier alpha value is 0.01000. The van der Waals surface area contributed by atoms with Gasteiger partial charge in [0.2, 0.25) is 0 Å². The highest BCUT2D eigenvalue weighted by Crippen LogP contribution is 2.13. The van der Waals surface area contributed by atoms with Crippen molar-refractivity contribution in [1.82, 2.24) is 0 Å². The third-order valence-corrected chi connectivity index (χ3v) is 4.45. The van der Waals surface area contributed by atoms with Crippen molar-refractivity contribution in [2.24, 2.45) is 0 Å². The minimum absolute atomic E-state index is 0.111. The summed E-state index contributed by atoms with van der Waals surface area (Å²) in [7, 11) is -2.63. The molecule has 0 radical (unpaired) electrons. The van der Waals surface area contributed by atoms with Crippen molar-refractivity contribution >= 4 is 32.8 Å². The second kappa shape index (κ2) is 9.22. The van der Waals surface area contributed by atoms with Crippen molar-refractivity contribution < 1.29 is 42.9 Å². The van der Waals surface area contributed by atoms with E-state index in [2.05, 4.69) is 8.37 Å². The van der Waals surface area contributed by atoms with E-state index in [0.717, 1.165) is 0 Å². The number of rotatable bonds is 10. The van der Waals surface area contributed by atoms with E-state index in [0.29, 0.717) is 0 Å². The van der Waals surface area contributed by atoms with Crippen molar-refractivity contribution in [1.29, 1.82) is 0 Å². The van der Waals surface area contributed by atoms with Crippen molar-refractivity contribution in [3.05, 3.63) is 0 Å². The molecule has 4 unspecified atom stereocenters. The predicted octanol–water partition coefficient (Wildman–Crippen LogP) is -1.46. The molecule has 10 nitrogen and oxygen atoms in total. The molecule has 0 bridgehead atoms. The molecule has 0 aromatic heterocycles. The fraction of sp³-hybridized carbons (Fsp3) is 1.00. The van der Waals surface area contributed by atoms with Crippen LogP contribution >= 0.6 is 0 Å². The van der Waals surface area contributed by atoms with E-state index in [-0.39, 0.29) is 32.0 Å². The zero-order chi connectivity index (χ0) is 15.9. The molecule has 4 atom stereocenters. The summed E-state index contributed by atoms with van der Waals surface area (Å²) in [6.07, 6.45) is -1.26. The summed E-state index contributed by atoms with van der Waals surface area (Å²) in [4.78, 5) is 0. The van der Waals surface area contributed by atoms with E-state index < -0.39 is 45.0 Å². The topological polar surface area (TPSA) is 137 Å². The van der Waals surface area contributed by atoms with E-state index in [9.17, 15) is 21.4 Å². The van der Waals surface area contributed by atoms with Crippen LogP contribution in [0.4, 0.5) is 0 Å². The Morgan fingerprint density at radius 2 is 2.10 bits per heavy atom. The molecule has 0 amide bonds. The Kier molecular flexibility index (Phi) is 8.36. The number of hydrogen-bond donors (Lipinski definition) is 0. The standard InChI is InChI=1S/C8H16O10S3/c1-14-7(2-3-19(9)10)4-15-20(11)16-5-8-6-17-21(12,13)18-8/h7-8H,2-6H2,1H3,(H,9,10)/p-1. The Balaban J connectivity index is 2.19. The second-order valence-electron chi connectivity index (χ2n) is 3.84. The second-order valence-corrected chi connectivity index (χ2v) is 6.98. The van der Waals surface area contributed by atoms with E-state index in [1.54, 1.807) is 0 Å². The Labute approximate surface area is 127 Å². The summed E-state index contributed by atoms with van der Waals surface area (Å²) < 4.78 is 77.0.